The molecule has 0 amide bonds. The number of alkyl halides is 3. The number of sulfone groups is 1. The first-order valence-corrected chi connectivity index (χ1v) is 8.15. The van der Waals surface area contributed by atoms with E-state index in [9.17, 15) is 26.4 Å². The lowest BCUT2D eigenvalue weighted by Gasteiger charge is -2.14. The fraction of sp³-hybridized carbons (Fsp3) is 0.133. The SMILES string of the molecule is CS(=O)(=O)c1cccc(-c2cccc(OC(F)(F)F)c2C=O)c1. The summed E-state index contributed by atoms with van der Waals surface area (Å²) in [6.45, 7) is 0. The molecule has 0 aliphatic heterocycles. The second kappa shape index (κ2) is 6.04. The maximum absolute atomic E-state index is 12.4. The zero-order chi connectivity index (χ0) is 17.3. The third-order valence-electron chi connectivity index (χ3n) is 2.98. The number of ether oxygens (including phenoxy) is 1. The molecule has 2 aromatic rings. The van der Waals surface area contributed by atoms with Gasteiger partial charge in [-0.1, -0.05) is 24.3 Å². The molecule has 0 fully saturated rings. The number of benzene rings is 2. The molecular formula is C15H11F3O4S. The largest absolute Gasteiger partial charge is 0.573 e. The van der Waals surface area contributed by atoms with Gasteiger partial charge in [0.2, 0.25) is 0 Å². The average molecular weight is 344 g/mol. The Morgan fingerprint density at radius 2 is 1.74 bits per heavy atom. The molecule has 0 aliphatic rings. The van der Waals surface area contributed by atoms with Gasteiger partial charge in [-0.05, 0) is 29.3 Å². The van der Waals surface area contributed by atoms with Gasteiger partial charge in [0.05, 0.1) is 10.5 Å². The molecule has 0 aliphatic carbocycles. The normalized spacial score (nSPS) is 12.0. The van der Waals surface area contributed by atoms with Gasteiger partial charge in [0.25, 0.3) is 0 Å². The van der Waals surface area contributed by atoms with E-state index >= 15 is 0 Å². The molecule has 0 spiro atoms. The van der Waals surface area contributed by atoms with Crippen LogP contribution in [0, 0.1) is 0 Å². The van der Waals surface area contributed by atoms with Crippen molar-refractivity contribution in [2.75, 3.05) is 6.26 Å². The molecular weight excluding hydrogens is 333 g/mol. The molecule has 0 aromatic heterocycles. The predicted octanol–water partition coefficient (Wildman–Crippen LogP) is 3.47. The molecule has 0 saturated heterocycles. The van der Waals surface area contributed by atoms with Gasteiger partial charge in [0.15, 0.2) is 16.1 Å². The number of aldehydes is 1. The topological polar surface area (TPSA) is 60.4 Å². The van der Waals surface area contributed by atoms with E-state index in [2.05, 4.69) is 4.74 Å². The van der Waals surface area contributed by atoms with Crippen LogP contribution in [0.25, 0.3) is 11.1 Å². The Morgan fingerprint density at radius 3 is 2.30 bits per heavy atom. The Balaban J connectivity index is 2.61. The number of halogens is 3. The first kappa shape index (κ1) is 17.0. The molecule has 23 heavy (non-hydrogen) atoms. The summed E-state index contributed by atoms with van der Waals surface area (Å²) in [5, 5.41) is 0. The summed E-state index contributed by atoms with van der Waals surface area (Å²) >= 11 is 0. The van der Waals surface area contributed by atoms with E-state index in [4.69, 9.17) is 0 Å². The van der Waals surface area contributed by atoms with Crippen LogP contribution in [-0.2, 0) is 9.84 Å². The standard InChI is InChI=1S/C15H11F3O4S/c1-23(20,21)11-5-2-4-10(8-11)12-6-3-7-14(13(12)9-19)22-15(16,17)18/h2-9H,1H3. The maximum atomic E-state index is 12.4. The smallest absolute Gasteiger partial charge is 0.405 e. The third-order valence-corrected chi connectivity index (χ3v) is 4.09. The minimum atomic E-state index is -4.94. The van der Waals surface area contributed by atoms with Crippen molar-refractivity contribution < 1.29 is 31.1 Å². The minimum Gasteiger partial charge on any atom is -0.405 e. The molecule has 0 bridgehead atoms. The van der Waals surface area contributed by atoms with E-state index in [1.165, 1.54) is 36.4 Å². The summed E-state index contributed by atoms with van der Waals surface area (Å²) in [4.78, 5) is 11.2. The van der Waals surface area contributed by atoms with E-state index in [-0.39, 0.29) is 22.3 Å². The van der Waals surface area contributed by atoms with E-state index in [0.29, 0.717) is 5.56 Å². The molecule has 122 valence electrons. The second-order valence-electron chi connectivity index (χ2n) is 4.68. The van der Waals surface area contributed by atoms with E-state index in [1.807, 2.05) is 0 Å². The lowest BCUT2D eigenvalue weighted by Crippen LogP contribution is -2.18. The Hall–Kier alpha value is -2.35. The van der Waals surface area contributed by atoms with Crippen LogP contribution in [0.5, 0.6) is 5.75 Å². The quantitative estimate of drug-likeness (QED) is 0.797. The van der Waals surface area contributed by atoms with Crippen LogP contribution in [0.4, 0.5) is 13.2 Å². The summed E-state index contributed by atoms with van der Waals surface area (Å²) in [5.41, 5.74) is 0.130. The van der Waals surface area contributed by atoms with Crippen molar-refractivity contribution in [1.82, 2.24) is 0 Å². The monoisotopic (exact) mass is 344 g/mol. The zero-order valence-corrected chi connectivity index (χ0v) is 12.6. The van der Waals surface area contributed by atoms with Crippen molar-refractivity contribution in [3.8, 4) is 16.9 Å². The number of rotatable bonds is 4. The zero-order valence-electron chi connectivity index (χ0n) is 11.8. The summed E-state index contributed by atoms with van der Waals surface area (Å²) in [5.74, 6) is -0.644. The predicted molar refractivity (Wildman–Crippen MR) is 77.1 cm³/mol. The highest BCUT2D eigenvalue weighted by Gasteiger charge is 2.32. The molecule has 2 rings (SSSR count). The van der Waals surface area contributed by atoms with Gasteiger partial charge in [0.1, 0.15) is 5.75 Å². The van der Waals surface area contributed by atoms with E-state index in [1.54, 1.807) is 0 Å². The molecule has 2 aromatic carbocycles. The van der Waals surface area contributed by atoms with Crippen LogP contribution in [0.15, 0.2) is 47.4 Å². The molecule has 0 heterocycles. The minimum absolute atomic E-state index is 0.00556. The highest BCUT2D eigenvalue weighted by molar-refractivity contribution is 7.90. The van der Waals surface area contributed by atoms with E-state index < -0.39 is 21.9 Å². The molecule has 0 atom stereocenters. The number of hydrogen-bond donors (Lipinski definition) is 0. The number of carbonyl (C=O) groups is 1. The summed E-state index contributed by atoms with van der Waals surface area (Å²) in [6.07, 6.45) is -3.69. The molecule has 0 unspecified atom stereocenters. The lowest BCUT2D eigenvalue weighted by atomic mass is 10.00. The Bertz CT molecular complexity index is 842. The highest BCUT2D eigenvalue weighted by Crippen LogP contribution is 2.33. The van der Waals surface area contributed by atoms with Crippen LogP contribution in [0.1, 0.15) is 10.4 Å². The fourth-order valence-electron chi connectivity index (χ4n) is 2.03. The Morgan fingerprint density at radius 1 is 1.09 bits per heavy atom. The molecule has 4 nitrogen and oxygen atoms in total. The van der Waals surface area contributed by atoms with Crippen LogP contribution < -0.4 is 4.74 Å². The van der Waals surface area contributed by atoms with Crippen LogP contribution in [0.2, 0.25) is 0 Å². The number of carbonyl (C=O) groups excluding carboxylic acids is 1. The summed E-state index contributed by atoms with van der Waals surface area (Å²) in [7, 11) is -3.49. The Kier molecular flexibility index (Phi) is 4.46. The van der Waals surface area contributed by atoms with Crippen LogP contribution in [-0.4, -0.2) is 27.3 Å². The molecule has 0 saturated carbocycles. The van der Waals surface area contributed by atoms with Gasteiger partial charge in [-0.2, -0.15) is 0 Å². The summed E-state index contributed by atoms with van der Waals surface area (Å²) < 4.78 is 64.2. The van der Waals surface area contributed by atoms with Crippen molar-refractivity contribution in [3.05, 3.63) is 48.0 Å². The van der Waals surface area contributed by atoms with Gasteiger partial charge in [0, 0.05) is 6.26 Å². The van der Waals surface area contributed by atoms with Crippen molar-refractivity contribution in [2.24, 2.45) is 0 Å². The summed E-state index contributed by atoms with van der Waals surface area (Å²) in [6, 6.07) is 9.29. The third kappa shape index (κ3) is 4.10. The van der Waals surface area contributed by atoms with Crippen molar-refractivity contribution in [1.29, 1.82) is 0 Å². The molecule has 0 radical (unpaired) electrons. The van der Waals surface area contributed by atoms with Crippen molar-refractivity contribution >= 4 is 16.1 Å². The van der Waals surface area contributed by atoms with Gasteiger partial charge in [-0.3, -0.25) is 4.79 Å². The van der Waals surface area contributed by atoms with Gasteiger partial charge >= 0.3 is 6.36 Å². The Labute approximate surface area is 130 Å². The van der Waals surface area contributed by atoms with Gasteiger partial charge in [-0.15, -0.1) is 13.2 Å². The van der Waals surface area contributed by atoms with Crippen molar-refractivity contribution in [2.45, 2.75) is 11.3 Å². The van der Waals surface area contributed by atoms with E-state index in [0.717, 1.165) is 12.3 Å². The van der Waals surface area contributed by atoms with Crippen LogP contribution >= 0.6 is 0 Å². The van der Waals surface area contributed by atoms with Gasteiger partial charge in [-0.25, -0.2) is 8.42 Å². The van der Waals surface area contributed by atoms with Crippen LogP contribution in [0.3, 0.4) is 0 Å². The maximum Gasteiger partial charge on any atom is 0.573 e. The average Bonchev–Trinajstić information content (AvgIpc) is 2.44. The fourth-order valence-corrected chi connectivity index (χ4v) is 2.69. The van der Waals surface area contributed by atoms with Crippen molar-refractivity contribution in [3.63, 3.8) is 0 Å². The first-order valence-electron chi connectivity index (χ1n) is 6.26. The number of hydrogen-bond acceptors (Lipinski definition) is 4. The second-order valence-corrected chi connectivity index (χ2v) is 6.70. The first-order chi connectivity index (χ1) is 10.6. The molecule has 0 N–H and O–H groups in total. The lowest BCUT2D eigenvalue weighted by molar-refractivity contribution is -0.274. The van der Waals surface area contributed by atoms with Gasteiger partial charge < -0.3 is 4.74 Å². The molecule has 8 heteroatoms. The highest BCUT2D eigenvalue weighted by atomic mass is 32.2.